The summed E-state index contributed by atoms with van der Waals surface area (Å²) in [6, 6.07) is 7.39. The van der Waals surface area contributed by atoms with Crippen molar-refractivity contribution in [2.75, 3.05) is 39.4 Å². The van der Waals surface area contributed by atoms with Crippen molar-refractivity contribution in [1.82, 2.24) is 9.21 Å². The standard InChI is InChI=1S/C18H28N2O3S/c1-18(2)7-9-19(10-8-18)15-16-3-5-17(6-4-16)24(21,22)20-11-13-23-14-12-20/h3-6H,7-15H2,1-2H3. The first-order valence-electron chi connectivity index (χ1n) is 8.76. The normalized spacial score (nSPS) is 23.2. The van der Waals surface area contributed by atoms with Crippen molar-refractivity contribution in [2.24, 2.45) is 5.41 Å². The van der Waals surface area contributed by atoms with Crippen molar-refractivity contribution in [2.45, 2.75) is 38.1 Å². The molecule has 0 unspecified atom stereocenters. The average molecular weight is 353 g/mol. The van der Waals surface area contributed by atoms with Gasteiger partial charge in [-0.1, -0.05) is 26.0 Å². The number of hydrogen-bond donors (Lipinski definition) is 0. The van der Waals surface area contributed by atoms with Crippen LogP contribution in [0.15, 0.2) is 29.2 Å². The lowest BCUT2D eigenvalue weighted by molar-refractivity contribution is 0.0730. The smallest absolute Gasteiger partial charge is 0.243 e. The number of ether oxygens (including phenoxy) is 1. The Bertz CT molecular complexity index is 639. The summed E-state index contributed by atoms with van der Waals surface area (Å²) >= 11 is 0. The maximum absolute atomic E-state index is 12.6. The molecule has 2 saturated heterocycles. The minimum atomic E-state index is -3.39. The number of rotatable bonds is 4. The summed E-state index contributed by atoms with van der Waals surface area (Å²) in [6.45, 7) is 9.60. The van der Waals surface area contributed by atoms with Crippen LogP contribution < -0.4 is 0 Å². The van der Waals surface area contributed by atoms with Crippen molar-refractivity contribution in [3.05, 3.63) is 29.8 Å². The van der Waals surface area contributed by atoms with E-state index in [9.17, 15) is 8.42 Å². The Morgan fingerprint density at radius 1 is 1.00 bits per heavy atom. The van der Waals surface area contributed by atoms with Crippen LogP contribution in [0.2, 0.25) is 0 Å². The Morgan fingerprint density at radius 2 is 1.58 bits per heavy atom. The van der Waals surface area contributed by atoms with Crippen molar-refractivity contribution in [3.8, 4) is 0 Å². The van der Waals surface area contributed by atoms with Crippen LogP contribution in [-0.2, 0) is 21.3 Å². The van der Waals surface area contributed by atoms with Gasteiger partial charge in [-0.15, -0.1) is 0 Å². The second-order valence-electron chi connectivity index (χ2n) is 7.60. The predicted octanol–water partition coefficient (Wildman–Crippen LogP) is 2.33. The van der Waals surface area contributed by atoms with Gasteiger partial charge < -0.3 is 4.74 Å². The molecule has 0 N–H and O–H groups in total. The van der Waals surface area contributed by atoms with E-state index in [1.54, 1.807) is 12.1 Å². The SMILES string of the molecule is CC1(C)CCN(Cc2ccc(S(=O)(=O)N3CCOCC3)cc2)CC1. The number of sulfonamides is 1. The molecule has 0 radical (unpaired) electrons. The van der Waals surface area contributed by atoms with Crippen LogP contribution in [0.4, 0.5) is 0 Å². The molecule has 2 aliphatic rings. The molecule has 24 heavy (non-hydrogen) atoms. The molecule has 1 aromatic rings. The molecule has 0 aromatic heterocycles. The maximum atomic E-state index is 12.6. The van der Waals surface area contributed by atoms with E-state index < -0.39 is 10.0 Å². The van der Waals surface area contributed by atoms with Crippen molar-refractivity contribution in [1.29, 1.82) is 0 Å². The van der Waals surface area contributed by atoms with Gasteiger partial charge in [0.1, 0.15) is 0 Å². The molecule has 2 aliphatic heterocycles. The zero-order valence-electron chi connectivity index (χ0n) is 14.7. The van der Waals surface area contributed by atoms with E-state index in [1.165, 1.54) is 22.7 Å². The van der Waals surface area contributed by atoms with Crippen LogP contribution in [0.1, 0.15) is 32.3 Å². The van der Waals surface area contributed by atoms with Crippen LogP contribution in [0.3, 0.4) is 0 Å². The molecule has 2 fully saturated rings. The van der Waals surface area contributed by atoms with E-state index in [-0.39, 0.29) is 0 Å². The summed E-state index contributed by atoms with van der Waals surface area (Å²) in [4.78, 5) is 2.84. The van der Waals surface area contributed by atoms with E-state index in [2.05, 4.69) is 18.7 Å². The summed E-state index contributed by atoms with van der Waals surface area (Å²) in [7, 11) is -3.39. The summed E-state index contributed by atoms with van der Waals surface area (Å²) in [5.41, 5.74) is 1.63. The van der Waals surface area contributed by atoms with E-state index in [1.807, 2.05) is 12.1 Å². The highest BCUT2D eigenvalue weighted by Crippen LogP contribution is 2.30. The number of piperidine rings is 1. The molecule has 2 heterocycles. The minimum Gasteiger partial charge on any atom is -0.379 e. The molecule has 0 atom stereocenters. The first-order chi connectivity index (χ1) is 11.4. The first kappa shape index (κ1) is 17.9. The number of morpholine rings is 1. The highest BCUT2D eigenvalue weighted by atomic mass is 32.2. The molecule has 3 rings (SSSR count). The largest absolute Gasteiger partial charge is 0.379 e. The monoisotopic (exact) mass is 352 g/mol. The van der Waals surface area contributed by atoms with Crippen LogP contribution in [-0.4, -0.2) is 57.0 Å². The Hall–Kier alpha value is -0.950. The van der Waals surface area contributed by atoms with Crippen LogP contribution >= 0.6 is 0 Å². The van der Waals surface area contributed by atoms with Gasteiger partial charge >= 0.3 is 0 Å². The number of hydrogen-bond acceptors (Lipinski definition) is 4. The molecule has 0 bridgehead atoms. The molecule has 0 amide bonds. The molecule has 0 spiro atoms. The molecular weight excluding hydrogens is 324 g/mol. The molecule has 0 saturated carbocycles. The third-order valence-electron chi connectivity index (χ3n) is 5.15. The van der Waals surface area contributed by atoms with Gasteiger partial charge in [0, 0.05) is 19.6 Å². The number of likely N-dealkylation sites (tertiary alicyclic amines) is 1. The topological polar surface area (TPSA) is 49.9 Å². The Kier molecular flexibility index (Phi) is 5.30. The highest BCUT2D eigenvalue weighted by molar-refractivity contribution is 7.89. The zero-order chi connectivity index (χ0) is 17.2. The quantitative estimate of drug-likeness (QED) is 0.834. The summed E-state index contributed by atoms with van der Waals surface area (Å²) < 4.78 is 32.0. The lowest BCUT2D eigenvalue weighted by Crippen LogP contribution is -2.40. The van der Waals surface area contributed by atoms with Crippen LogP contribution in [0.25, 0.3) is 0 Å². The molecule has 0 aliphatic carbocycles. The number of benzene rings is 1. The Labute approximate surface area is 145 Å². The fourth-order valence-electron chi connectivity index (χ4n) is 3.28. The van der Waals surface area contributed by atoms with Gasteiger partial charge in [0.25, 0.3) is 0 Å². The fraction of sp³-hybridized carbons (Fsp3) is 0.667. The highest BCUT2D eigenvalue weighted by Gasteiger charge is 2.27. The van der Waals surface area contributed by atoms with Gasteiger partial charge in [0.05, 0.1) is 18.1 Å². The van der Waals surface area contributed by atoms with E-state index in [0.29, 0.717) is 36.6 Å². The predicted molar refractivity (Wildman–Crippen MR) is 94.3 cm³/mol. The third kappa shape index (κ3) is 4.17. The van der Waals surface area contributed by atoms with Gasteiger partial charge in [-0.3, -0.25) is 4.90 Å². The Balaban J connectivity index is 1.63. The van der Waals surface area contributed by atoms with Crippen LogP contribution in [0, 0.1) is 5.41 Å². The number of nitrogens with zero attached hydrogens (tertiary/aromatic N) is 2. The summed E-state index contributed by atoms with van der Waals surface area (Å²) in [5, 5.41) is 0. The van der Waals surface area contributed by atoms with E-state index in [0.717, 1.165) is 19.6 Å². The zero-order valence-corrected chi connectivity index (χ0v) is 15.5. The summed E-state index contributed by atoms with van der Waals surface area (Å²) in [6.07, 6.45) is 2.44. The van der Waals surface area contributed by atoms with E-state index >= 15 is 0 Å². The van der Waals surface area contributed by atoms with Crippen molar-refractivity contribution >= 4 is 10.0 Å². The minimum absolute atomic E-state index is 0.382. The molecule has 5 nitrogen and oxygen atoms in total. The summed E-state index contributed by atoms with van der Waals surface area (Å²) in [5.74, 6) is 0. The Morgan fingerprint density at radius 3 is 2.17 bits per heavy atom. The second kappa shape index (κ2) is 7.12. The lowest BCUT2D eigenvalue weighted by atomic mass is 9.82. The fourth-order valence-corrected chi connectivity index (χ4v) is 4.69. The van der Waals surface area contributed by atoms with Gasteiger partial charge in [-0.05, 0) is 49.0 Å². The average Bonchev–Trinajstić information content (AvgIpc) is 2.58. The van der Waals surface area contributed by atoms with Crippen molar-refractivity contribution in [3.63, 3.8) is 0 Å². The van der Waals surface area contributed by atoms with Gasteiger partial charge in [-0.25, -0.2) is 8.42 Å². The molecular formula is C18H28N2O3S. The first-order valence-corrected chi connectivity index (χ1v) is 10.2. The lowest BCUT2D eigenvalue weighted by Gasteiger charge is -2.36. The second-order valence-corrected chi connectivity index (χ2v) is 9.54. The van der Waals surface area contributed by atoms with Gasteiger partial charge in [0.2, 0.25) is 10.0 Å². The molecule has 1 aromatic carbocycles. The maximum Gasteiger partial charge on any atom is 0.243 e. The van der Waals surface area contributed by atoms with Gasteiger partial charge in [0.15, 0.2) is 0 Å². The van der Waals surface area contributed by atoms with Crippen LogP contribution in [0.5, 0.6) is 0 Å². The van der Waals surface area contributed by atoms with E-state index in [4.69, 9.17) is 4.74 Å². The van der Waals surface area contributed by atoms with Crippen molar-refractivity contribution < 1.29 is 13.2 Å². The molecule has 134 valence electrons. The van der Waals surface area contributed by atoms with Gasteiger partial charge in [-0.2, -0.15) is 4.31 Å². The third-order valence-corrected chi connectivity index (χ3v) is 7.06. The molecule has 6 heteroatoms.